The molecular weight excluding hydrogens is 290 g/mol. The van der Waals surface area contributed by atoms with Crippen molar-refractivity contribution in [3.05, 3.63) is 35.5 Å². The summed E-state index contributed by atoms with van der Waals surface area (Å²) in [7, 11) is 1.63. The maximum Gasteiger partial charge on any atom is 0.254 e. The Bertz CT molecular complexity index is 730. The van der Waals surface area contributed by atoms with Gasteiger partial charge in [-0.25, -0.2) is 0 Å². The van der Waals surface area contributed by atoms with Gasteiger partial charge < -0.3 is 15.4 Å². The van der Waals surface area contributed by atoms with Gasteiger partial charge in [0.2, 0.25) is 0 Å². The van der Waals surface area contributed by atoms with Gasteiger partial charge in [-0.1, -0.05) is 0 Å². The molecule has 2 aromatic rings. The van der Waals surface area contributed by atoms with Crippen molar-refractivity contribution in [2.75, 3.05) is 26.7 Å². The van der Waals surface area contributed by atoms with Crippen molar-refractivity contribution < 1.29 is 9.53 Å². The highest BCUT2D eigenvalue weighted by atomic mass is 16.5. The van der Waals surface area contributed by atoms with Crippen molar-refractivity contribution in [1.29, 1.82) is 0 Å². The molecule has 1 atom stereocenters. The van der Waals surface area contributed by atoms with Crippen molar-refractivity contribution in [2.45, 2.75) is 19.8 Å². The Labute approximate surface area is 136 Å². The molecule has 1 aromatic carbocycles. The molecule has 23 heavy (non-hydrogen) atoms. The molecule has 2 heterocycles. The molecule has 0 spiro atoms. The van der Waals surface area contributed by atoms with Crippen LogP contribution in [0.3, 0.4) is 0 Å². The van der Waals surface area contributed by atoms with Crippen molar-refractivity contribution in [3.63, 3.8) is 0 Å². The molecule has 0 bridgehead atoms. The summed E-state index contributed by atoms with van der Waals surface area (Å²) >= 11 is 0. The third-order valence-corrected chi connectivity index (χ3v) is 4.52. The van der Waals surface area contributed by atoms with Crippen LogP contribution in [0.4, 0.5) is 0 Å². The second-order valence-corrected chi connectivity index (χ2v) is 6.19. The number of fused-ring (bicyclic) bond motifs is 1. The molecule has 5 heteroatoms. The van der Waals surface area contributed by atoms with Gasteiger partial charge in [0.1, 0.15) is 5.75 Å². The lowest BCUT2D eigenvalue weighted by Crippen LogP contribution is -2.42. The first-order chi connectivity index (χ1) is 11.1. The van der Waals surface area contributed by atoms with Crippen LogP contribution < -0.4 is 10.5 Å². The van der Waals surface area contributed by atoms with Crippen LogP contribution in [0.25, 0.3) is 10.9 Å². The highest BCUT2D eigenvalue weighted by Gasteiger charge is 2.25. The number of aromatic nitrogens is 1. The van der Waals surface area contributed by atoms with Gasteiger partial charge in [0.15, 0.2) is 0 Å². The average molecular weight is 313 g/mol. The monoisotopic (exact) mass is 313 g/mol. The lowest BCUT2D eigenvalue weighted by molar-refractivity contribution is 0.0680. The zero-order valence-corrected chi connectivity index (χ0v) is 13.7. The second-order valence-electron chi connectivity index (χ2n) is 6.19. The first kappa shape index (κ1) is 15.7. The third kappa shape index (κ3) is 3.15. The number of methoxy groups -OCH3 is 1. The number of rotatable bonds is 3. The number of ether oxygens (including phenoxy) is 1. The van der Waals surface area contributed by atoms with Crippen LogP contribution in [0.1, 0.15) is 28.9 Å². The Kier molecular flexibility index (Phi) is 4.48. The van der Waals surface area contributed by atoms with E-state index >= 15 is 0 Å². The highest BCUT2D eigenvalue weighted by Crippen LogP contribution is 2.26. The smallest absolute Gasteiger partial charge is 0.254 e. The van der Waals surface area contributed by atoms with Crippen LogP contribution in [0.2, 0.25) is 0 Å². The van der Waals surface area contributed by atoms with E-state index in [-0.39, 0.29) is 5.91 Å². The van der Waals surface area contributed by atoms with E-state index in [2.05, 4.69) is 4.98 Å². The normalized spacial score (nSPS) is 18.2. The number of hydrogen-bond acceptors (Lipinski definition) is 4. The van der Waals surface area contributed by atoms with Gasteiger partial charge in [0.25, 0.3) is 5.91 Å². The molecule has 122 valence electrons. The van der Waals surface area contributed by atoms with E-state index in [9.17, 15) is 4.79 Å². The molecule has 2 N–H and O–H groups in total. The fourth-order valence-corrected chi connectivity index (χ4v) is 3.26. The van der Waals surface area contributed by atoms with E-state index in [1.54, 1.807) is 7.11 Å². The summed E-state index contributed by atoms with van der Waals surface area (Å²) in [6, 6.07) is 7.54. The Morgan fingerprint density at radius 1 is 1.43 bits per heavy atom. The summed E-state index contributed by atoms with van der Waals surface area (Å²) in [5, 5.41) is 0.872. The van der Waals surface area contributed by atoms with Crippen LogP contribution in [0.15, 0.2) is 24.3 Å². The number of aryl methyl sites for hydroxylation is 1. The zero-order chi connectivity index (χ0) is 16.4. The number of piperidine rings is 1. The molecule has 1 aliphatic rings. The second kappa shape index (κ2) is 6.54. The van der Waals surface area contributed by atoms with E-state index < -0.39 is 0 Å². The number of carbonyl (C=O) groups excluding carboxylic acids is 1. The number of nitrogens with zero attached hydrogens (tertiary/aromatic N) is 2. The number of carbonyl (C=O) groups is 1. The predicted octanol–water partition coefficient (Wildman–Crippen LogP) is 2.36. The van der Waals surface area contributed by atoms with Gasteiger partial charge >= 0.3 is 0 Å². The number of likely N-dealkylation sites (tertiary alicyclic amines) is 1. The first-order valence-corrected chi connectivity index (χ1v) is 8.07. The first-order valence-electron chi connectivity index (χ1n) is 8.07. The minimum atomic E-state index is 0.0730. The van der Waals surface area contributed by atoms with E-state index in [1.807, 2.05) is 36.1 Å². The lowest BCUT2D eigenvalue weighted by atomic mass is 9.97. The van der Waals surface area contributed by atoms with Crippen molar-refractivity contribution in [1.82, 2.24) is 9.88 Å². The average Bonchev–Trinajstić information content (AvgIpc) is 2.59. The van der Waals surface area contributed by atoms with Gasteiger partial charge in [-0.2, -0.15) is 0 Å². The molecule has 0 saturated carbocycles. The largest absolute Gasteiger partial charge is 0.497 e. The van der Waals surface area contributed by atoms with Crippen molar-refractivity contribution in [2.24, 2.45) is 11.7 Å². The minimum absolute atomic E-state index is 0.0730. The summed E-state index contributed by atoms with van der Waals surface area (Å²) in [6.07, 6.45) is 2.12. The topological polar surface area (TPSA) is 68.5 Å². The summed E-state index contributed by atoms with van der Waals surface area (Å²) in [4.78, 5) is 19.5. The van der Waals surface area contributed by atoms with Crippen LogP contribution >= 0.6 is 0 Å². The molecule has 1 amide bonds. The molecule has 3 rings (SSSR count). The van der Waals surface area contributed by atoms with Gasteiger partial charge in [-0.05, 0) is 50.4 Å². The van der Waals surface area contributed by atoms with Crippen LogP contribution in [0, 0.1) is 12.8 Å². The number of nitrogens with two attached hydrogens (primary N) is 1. The quantitative estimate of drug-likeness (QED) is 0.944. The maximum absolute atomic E-state index is 13.0. The SMILES string of the molecule is COc1ccc2c(C(=O)N3CCC[C@H](CN)C3)cc(C)nc2c1. The van der Waals surface area contributed by atoms with E-state index in [1.165, 1.54) is 0 Å². The van der Waals surface area contributed by atoms with Gasteiger partial charge in [0, 0.05) is 30.2 Å². The molecule has 5 nitrogen and oxygen atoms in total. The molecule has 1 aliphatic heterocycles. The zero-order valence-electron chi connectivity index (χ0n) is 13.7. The van der Waals surface area contributed by atoms with E-state index in [0.29, 0.717) is 18.0 Å². The van der Waals surface area contributed by atoms with Crippen molar-refractivity contribution >= 4 is 16.8 Å². The summed E-state index contributed by atoms with van der Waals surface area (Å²) in [6.45, 7) is 4.09. The van der Waals surface area contributed by atoms with Gasteiger partial charge in [0.05, 0.1) is 18.2 Å². The maximum atomic E-state index is 13.0. The molecule has 0 aliphatic carbocycles. The van der Waals surface area contributed by atoms with Crippen LogP contribution in [-0.4, -0.2) is 42.5 Å². The standard InChI is InChI=1S/C18H23N3O2/c1-12-8-16(15-6-5-14(23-2)9-17(15)20-12)18(22)21-7-3-4-13(10-19)11-21/h5-6,8-9,13H,3-4,7,10-11,19H2,1-2H3/t13-/m1/s1. The Morgan fingerprint density at radius 3 is 3.00 bits per heavy atom. The number of pyridine rings is 1. The molecule has 0 unspecified atom stereocenters. The molecular formula is C18H23N3O2. The predicted molar refractivity (Wildman–Crippen MR) is 90.7 cm³/mol. The van der Waals surface area contributed by atoms with E-state index in [0.717, 1.165) is 48.3 Å². The molecule has 1 fully saturated rings. The van der Waals surface area contributed by atoms with Gasteiger partial charge in [-0.15, -0.1) is 0 Å². The Hall–Kier alpha value is -2.14. The van der Waals surface area contributed by atoms with Crippen LogP contribution in [-0.2, 0) is 0 Å². The van der Waals surface area contributed by atoms with Gasteiger partial charge in [-0.3, -0.25) is 9.78 Å². The summed E-state index contributed by atoms with van der Waals surface area (Å²) in [5.41, 5.74) is 8.13. The fraction of sp³-hybridized carbons (Fsp3) is 0.444. The number of benzene rings is 1. The summed E-state index contributed by atoms with van der Waals surface area (Å²) < 4.78 is 5.26. The number of hydrogen-bond donors (Lipinski definition) is 1. The fourth-order valence-electron chi connectivity index (χ4n) is 3.26. The Balaban J connectivity index is 1.99. The van der Waals surface area contributed by atoms with E-state index in [4.69, 9.17) is 10.5 Å². The van der Waals surface area contributed by atoms with Crippen LogP contribution in [0.5, 0.6) is 5.75 Å². The summed E-state index contributed by atoms with van der Waals surface area (Å²) in [5.74, 6) is 1.22. The highest BCUT2D eigenvalue weighted by molar-refractivity contribution is 6.06. The Morgan fingerprint density at radius 2 is 2.26 bits per heavy atom. The molecule has 1 aromatic heterocycles. The molecule has 0 radical (unpaired) electrons. The minimum Gasteiger partial charge on any atom is -0.497 e. The number of amides is 1. The third-order valence-electron chi connectivity index (χ3n) is 4.52. The lowest BCUT2D eigenvalue weighted by Gasteiger charge is -2.32. The van der Waals surface area contributed by atoms with Crippen molar-refractivity contribution in [3.8, 4) is 5.75 Å². The molecule has 1 saturated heterocycles.